The van der Waals surface area contributed by atoms with Gasteiger partial charge in [0.25, 0.3) is 0 Å². The number of hydrogen-bond acceptors (Lipinski definition) is 4. The van der Waals surface area contributed by atoms with Crippen molar-refractivity contribution in [2.24, 2.45) is 0 Å². The molecule has 1 aromatic rings. The van der Waals surface area contributed by atoms with E-state index < -0.39 is 31.8 Å². The van der Waals surface area contributed by atoms with Crippen LogP contribution in [-0.2, 0) is 14.3 Å². The molecule has 0 saturated carbocycles. The van der Waals surface area contributed by atoms with Gasteiger partial charge in [-0.3, -0.25) is 0 Å². The third-order valence-corrected chi connectivity index (χ3v) is 6.77. The summed E-state index contributed by atoms with van der Waals surface area (Å²) in [7, 11) is -0.596. The lowest BCUT2D eigenvalue weighted by Crippen LogP contribution is -2.52. The zero-order chi connectivity index (χ0) is 17.7. The van der Waals surface area contributed by atoms with Gasteiger partial charge in [0.1, 0.15) is 11.6 Å². The van der Waals surface area contributed by atoms with E-state index in [0.717, 1.165) is 0 Å². The van der Waals surface area contributed by atoms with Crippen molar-refractivity contribution in [3.05, 3.63) is 30.3 Å². The number of rotatable bonds is 5. The second-order valence-electron chi connectivity index (χ2n) is 7.18. The zero-order valence-corrected chi connectivity index (χ0v) is 15.8. The second kappa shape index (κ2) is 7.63. The fourth-order valence-corrected chi connectivity index (χ4v) is 4.92. The first-order valence-corrected chi connectivity index (χ1v) is 10.9. The molecule has 0 spiro atoms. The summed E-state index contributed by atoms with van der Waals surface area (Å²) in [5, 5.41) is 3.87. The first-order valence-electron chi connectivity index (χ1n) is 7.68. The van der Waals surface area contributed by atoms with Gasteiger partial charge < -0.3 is 14.8 Å². The molecular weight excluding hydrogens is 310 g/mol. The Kier molecular flexibility index (Phi) is 6.38. The lowest BCUT2D eigenvalue weighted by molar-refractivity contribution is -0.142. The summed E-state index contributed by atoms with van der Waals surface area (Å²) in [6.45, 7) is 9.66. The minimum absolute atomic E-state index is 0.452. The molecule has 0 radical (unpaired) electrons. The largest absolute Gasteiger partial charge is 0.467 e. The number of methoxy groups -OCH3 is 1. The van der Waals surface area contributed by atoms with Crippen LogP contribution in [0.5, 0.6) is 0 Å². The molecule has 0 aliphatic rings. The summed E-state index contributed by atoms with van der Waals surface area (Å²) < 4.78 is 10.1. The Morgan fingerprint density at radius 1 is 1.17 bits per heavy atom. The van der Waals surface area contributed by atoms with E-state index >= 15 is 0 Å². The summed E-state index contributed by atoms with van der Waals surface area (Å²) in [6.07, 6.45) is -0.606. The summed E-state index contributed by atoms with van der Waals surface area (Å²) in [5.74, 6) is -0.452. The van der Waals surface area contributed by atoms with Gasteiger partial charge in [-0.05, 0) is 26.8 Å². The van der Waals surface area contributed by atoms with Gasteiger partial charge in [-0.2, -0.15) is 0 Å². The monoisotopic (exact) mass is 337 g/mol. The fourth-order valence-electron chi connectivity index (χ4n) is 2.30. The van der Waals surface area contributed by atoms with E-state index in [2.05, 4.69) is 30.5 Å². The maximum Gasteiger partial charge on any atom is 0.408 e. The van der Waals surface area contributed by atoms with Gasteiger partial charge >= 0.3 is 12.1 Å². The molecule has 0 aliphatic carbocycles. The molecule has 0 aromatic heterocycles. The van der Waals surface area contributed by atoms with Crippen molar-refractivity contribution in [1.82, 2.24) is 5.32 Å². The van der Waals surface area contributed by atoms with E-state index in [1.807, 2.05) is 18.2 Å². The average Bonchev–Trinajstić information content (AvgIpc) is 2.44. The third kappa shape index (κ3) is 6.44. The molecule has 0 unspecified atom stereocenters. The van der Waals surface area contributed by atoms with Gasteiger partial charge in [0.2, 0.25) is 0 Å². The highest BCUT2D eigenvalue weighted by Gasteiger charge is 2.33. The molecule has 0 heterocycles. The number of carbonyl (C=O) groups excluding carboxylic acids is 2. The first kappa shape index (κ1) is 19.2. The number of benzene rings is 1. The molecule has 1 rings (SSSR count). The SMILES string of the molecule is COC(=O)[C@@H](C[Si](C)(C)c1ccccc1)NC(=O)OC(C)(C)C. The Bertz CT molecular complexity index is 537. The Morgan fingerprint density at radius 3 is 2.22 bits per heavy atom. The summed E-state index contributed by atoms with van der Waals surface area (Å²) in [5.41, 5.74) is -0.614. The lowest BCUT2D eigenvalue weighted by Gasteiger charge is -2.28. The summed E-state index contributed by atoms with van der Waals surface area (Å²) in [6, 6.07) is 9.89. The second-order valence-corrected chi connectivity index (χ2v) is 11.9. The molecule has 0 aliphatic heterocycles. The molecule has 0 saturated heterocycles. The number of esters is 1. The number of nitrogens with one attached hydrogen (secondary N) is 1. The number of carbonyl (C=O) groups is 2. The Labute approximate surface area is 139 Å². The van der Waals surface area contributed by atoms with Crippen LogP contribution in [0, 0.1) is 0 Å². The van der Waals surface area contributed by atoms with Crippen molar-refractivity contribution in [1.29, 1.82) is 0 Å². The Hall–Kier alpha value is -1.82. The molecule has 1 N–H and O–H groups in total. The topological polar surface area (TPSA) is 64.6 Å². The van der Waals surface area contributed by atoms with Crippen LogP contribution in [0.2, 0.25) is 19.1 Å². The van der Waals surface area contributed by atoms with Crippen LogP contribution in [-0.4, -0.2) is 38.9 Å². The van der Waals surface area contributed by atoms with Crippen molar-refractivity contribution in [3.8, 4) is 0 Å². The van der Waals surface area contributed by atoms with E-state index in [4.69, 9.17) is 9.47 Å². The predicted molar refractivity (Wildman–Crippen MR) is 93.5 cm³/mol. The maximum atomic E-state index is 12.1. The first-order chi connectivity index (χ1) is 10.5. The fraction of sp³-hybridized carbons (Fsp3) is 0.529. The van der Waals surface area contributed by atoms with Gasteiger partial charge in [-0.25, -0.2) is 9.59 Å². The highest BCUT2D eigenvalue weighted by atomic mass is 28.3. The molecule has 23 heavy (non-hydrogen) atoms. The zero-order valence-electron chi connectivity index (χ0n) is 14.8. The highest BCUT2D eigenvalue weighted by molar-refractivity contribution is 6.90. The molecule has 0 bridgehead atoms. The minimum Gasteiger partial charge on any atom is -0.467 e. The smallest absolute Gasteiger partial charge is 0.408 e. The Balaban J connectivity index is 2.87. The molecule has 128 valence electrons. The van der Waals surface area contributed by atoms with E-state index in [0.29, 0.717) is 6.04 Å². The van der Waals surface area contributed by atoms with Crippen molar-refractivity contribution >= 4 is 25.3 Å². The molecule has 1 aromatic carbocycles. The van der Waals surface area contributed by atoms with Gasteiger partial charge in [0.05, 0.1) is 15.2 Å². The van der Waals surface area contributed by atoms with Gasteiger partial charge in [0.15, 0.2) is 0 Å². The molecule has 0 fully saturated rings. The van der Waals surface area contributed by atoms with Crippen LogP contribution < -0.4 is 10.5 Å². The van der Waals surface area contributed by atoms with Crippen molar-refractivity contribution < 1.29 is 19.1 Å². The van der Waals surface area contributed by atoms with Crippen LogP contribution in [0.15, 0.2) is 30.3 Å². The van der Waals surface area contributed by atoms with Crippen LogP contribution in [0.3, 0.4) is 0 Å². The molecule has 5 nitrogen and oxygen atoms in total. The number of ether oxygens (including phenoxy) is 2. The standard InChI is InChI=1S/C17H27NO4Si/c1-17(2,3)22-16(20)18-14(15(19)21-4)12-23(5,6)13-10-8-7-9-11-13/h7-11,14H,12H2,1-6H3,(H,18,20)/t14-/m1/s1. The maximum absolute atomic E-state index is 12.1. The number of hydrogen-bond donors (Lipinski definition) is 1. The van der Waals surface area contributed by atoms with Crippen molar-refractivity contribution in [2.45, 2.75) is 51.6 Å². The van der Waals surface area contributed by atoms with Crippen LogP contribution in [0.1, 0.15) is 20.8 Å². The lowest BCUT2D eigenvalue weighted by atomic mass is 10.2. The molecule has 1 atom stereocenters. The van der Waals surface area contributed by atoms with Crippen molar-refractivity contribution in [3.63, 3.8) is 0 Å². The summed E-state index contributed by atoms with van der Waals surface area (Å²) in [4.78, 5) is 24.0. The van der Waals surface area contributed by atoms with E-state index in [1.54, 1.807) is 20.8 Å². The van der Waals surface area contributed by atoms with Gasteiger partial charge in [0, 0.05) is 0 Å². The third-order valence-electron chi connectivity index (χ3n) is 3.45. The molecular formula is C17H27NO4Si. The number of alkyl carbamates (subject to hydrolysis) is 1. The highest BCUT2D eigenvalue weighted by Crippen LogP contribution is 2.15. The van der Waals surface area contributed by atoms with E-state index in [-0.39, 0.29) is 0 Å². The molecule has 6 heteroatoms. The summed E-state index contributed by atoms with van der Waals surface area (Å²) >= 11 is 0. The van der Waals surface area contributed by atoms with Crippen LogP contribution in [0.4, 0.5) is 4.79 Å². The quantitative estimate of drug-likeness (QED) is 0.663. The Morgan fingerprint density at radius 2 is 1.74 bits per heavy atom. The van der Waals surface area contributed by atoms with Gasteiger partial charge in [-0.1, -0.05) is 48.6 Å². The normalized spacial score (nSPS) is 13.1. The molecule has 1 amide bonds. The average molecular weight is 337 g/mol. The van der Waals surface area contributed by atoms with Crippen LogP contribution >= 0.6 is 0 Å². The minimum atomic E-state index is -1.92. The van der Waals surface area contributed by atoms with E-state index in [1.165, 1.54) is 12.3 Å². The predicted octanol–water partition coefficient (Wildman–Crippen LogP) is 2.67. The number of amides is 1. The van der Waals surface area contributed by atoms with Crippen molar-refractivity contribution in [2.75, 3.05) is 7.11 Å². The van der Waals surface area contributed by atoms with Gasteiger partial charge in [-0.15, -0.1) is 0 Å². The van der Waals surface area contributed by atoms with Crippen LogP contribution in [0.25, 0.3) is 0 Å². The van der Waals surface area contributed by atoms with E-state index in [9.17, 15) is 9.59 Å².